The molecule has 0 aliphatic rings. The molecule has 0 amide bonds. The summed E-state index contributed by atoms with van der Waals surface area (Å²) in [4.78, 5) is 36.3. The van der Waals surface area contributed by atoms with Gasteiger partial charge in [0.15, 0.2) is 0 Å². The topological polar surface area (TPSA) is 121 Å². The number of hydrogen-bond donors (Lipinski definition) is 2. The monoisotopic (exact) mass is 202 g/mol. The van der Waals surface area contributed by atoms with E-state index in [1.165, 1.54) is 0 Å². The van der Waals surface area contributed by atoms with Gasteiger partial charge in [0.2, 0.25) is 0 Å². The molecule has 0 radical (unpaired) electrons. The summed E-state index contributed by atoms with van der Waals surface area (Å²) in [5.41, 5.74) is 0. The maximum Gasteiger partial charge on any atom is 0.132 e. The second-order valence-corrected chi connectivity index (χ2v) is 5.52. The minimum atomic E-state index is -4.37. The Morgan fingerprint density at radius 1 is 1.00 bits per heavy atom. The van der Waals surface area contributed by atoms with Crippen molar-refractivity contribution < 1.29 is 28.7 Å². The molecule has 11 heavy (non-hydrogen) atoms. The van der Waals surface area contributed by atoms with Crippen molar-refractivity contribution in [3.63, 3.8) is 0 Å². The molecule has 0 bridgehead atoms. The third kappa shape index (κ3) is 10.3. The largest absolute Gasteiger partial charge is 0.779 e. The van der Waals surface area contributed by atoms with Gasteiger partial charge in [0.05, 0.1) is 0 Å². The van der Waals surface area contributed by atoms with E-state index in [9.17, 15) is 18.9 Å². The molecule has 2 unspecified atom stereocenters. The van der Waals surface area contributed by atoms with E-state index in [-0.39, 0.29) is 6.42 Å². The highest BCUT2D eigenvalue weighted by molar-refractivity contribution is 7.51. The summed E-state index contributed by atoms with van der Waals surface area (Å²) in [6.45, 7) is 0. The van der Waals surface area contributed by atoms with Crippen LogP contribution in [0.25, 0.3) is 0 Å². The van der Waals surface area contributed by atoms with E-state index in [0.29, 0.717) is 0 Å². The second-order valence-electron chi connectivity index (χ2n) is 2.08. The lowest BCUT2D eigenvalue weighted by atomic mass is 10.6. The molecule has 0 rings (SSSR count). The van der Waals surface area contributed by atoms with E-state index in [0.717, 1.165) is 0 Å². The molecule has 0 aromatic rings. The Kier molecular flexibility index (Phi) is 3.91. The molecule has 0 aromatic heterocycles. The summed E-state index contributed by atoms with van der Waals surface area (Å²) in [5.74, 6) is 0. The molecule has 68 valence electrons. The first kappa shape index (κ1) is 11.3. The Morgan fingerprint density at radius 2 is 1.27 bits per heavy atom. The molecule has 0 spiro atoms. The van der Waals surface area contributed by atoms with Gasteiger partial charge in [-0.15, -0.1) is 0 Å². The van der Waals surface area contributed by atoms with Crippen LogP contribution in [0.15, 0.2) is 0 Å². The summed E-state index contributed by atoms with van der Waals surface area (Å²) in [7, 11) is -8.75. The molecular formula is C3H8O6P2-2. The molecule has 0 saturated heterocycles. The Morgan fingerprint density at radius 3 is 1.45 bits per heavy atom. The molecule has 2 N–H and O–H groups in total. The first-order valence-corrected chi connectivity index (χ1v) is 6.29. The number of hydrogen-bond acceptors (Lipinski definition) is 4. The molecular weight excluding hydrogens is 194 g/mol. The van der Waals surface area contributed by atoms with Crippen molar-refractivity contribution in [1.82, 2.24) is 0 Å². The van der Waals surface area contributed by atoms with Gasteiger partial charge >= 0.3 is 0 Å². The average Bonchev–Trinajstić information content (AvgIpc) is 1.55. The van der Waals surface area contributed by atoms with E-state index in [4.69, 9.17) is 9.79 Å². The fraction of sp³-hybridized carbons (Fsp3) is 1.00. The van der Waals surface area contributed by atoms with Gasteiger partial charge in [-0.2, -0.15) is 0 Å². The Bertz CT molecular complexity index is 178. The zero-order valence-electron chi connectivity index (χ0n) is 5.54. The first-order chi connectivity index (χ1) is 4.71. The molecule has 0 aromatic carbocycles. The van der Waals surface area contributed by atoms with Crippen LogP contribution in [-0.4, -0.2) is 22.1 Å². The molecule has 2 atom stereocenters. The van der Waals surface area contributed by atoms with Crippen LogP contribution in [-0.2, 0) is 9.13 Å². The van der Waals surface area contributed by atoms with Crippen LogP contribution >= 0.6 is 15.2 Å². The molecule has 0 aliphatic heterocycles. The summed E-state index contributed by atoms with van der Waals surface area (Å²) in [6.07, 6.45) is -1.53. The van der Waals surface area contributed by atoms with Crippen molar-refractivity contribution in [3.05, 3.63) is 0 Å². The van der Waals surface area contributed by atoms with Crippen LogP contribution in [0.1, 0.15) is 6.42 Å². The summed E-state index contributed by atoms with van der Waals surface area (Å²) in [5, 5.41) is 0. The van der Waals surface area contributed by atoms with Crippen molar-refractivity contribution in [3.8, 4) is 0 Å². The van der Waals surface area contributed by atoms with E-state index >= 15 is 0 Å². The van der Waals surface area contributed by atoms with Crippen molar-refractivity contribution in [2.45, 2.75) is 6.42 Å². The fourth-order valence-electron chi connectivity index (χ4n) is 0.470. The van der Waals surface area contributed by atoms with Crippen molar-refractivity contribution >= 4 is 15.2 Å². The lowest BCUT2D eigenvalue weighted by molar-refractivity contribution is -0.193. The summed E-state index contributed by atoms with van der Waals surface area (Å²) >= 11 is 0. The Labute approximate surface area is 63.6 Å². The molecule has 0 fully saturated rings. The van der Waals surface area contributed by atoms with Gasteiger partial charge in [-0.1, -0.05) is 0 Å². The van der Waals surface area contributed by atoms with Gasteiger partial charge in [0.25, 0.3) is 0 Å². The van der Waals surface area contributed by atoms with E-state index in [1.54, 1.807) is 0 Å². The molecule has 0 saturated carbocycles. The molecule has 0 aliphatic carbocycles. The lowest BCUT2D eigenvalue weighted by Crippen LogP contribution is -2.08. The zero-order chi connectivity index (χ0) is 9.12. The third-order valence-electron chi connectivity index (χ3n) is 0.881. The molecule has 0 heterocycles. The van der Waals surface area contributed by atoms with Gasteiger partial charge in [-0.25, -0.2) is 0 Å². The highest BCUT2D eigenvalue weighted by Gasteiger charge is 2.05. The predicted molar refractivity (Wildman–Crippen MR) is 34.0 cm³/mol. The van der Waals surface area contributed by atoms with Crippen LogP contribution in [0.2, 0.25) is 0 Å². The Hall–Kier alpha value is 0.300. The standard InChI is InChI=1S/C3H10O6P2/c4-10(5,6)2-1-3-11(7,8)9/h1-3H2,(H2,4,5,6)(H2,7,8,9)/p-2. The molecule has 6 nitrogen and oxygen atoms in total. The Balaban J connectivity index is 3.61. The van der Waals surface area contributed by atoms with Gasteiger partial charge in [0.1, 0.15) is 15.2 Å². The third-order valence-corrected chi connectivity index (χ3v) is 2.64. The van der Waals surface area contributed by atoms with Crippen LogP contribution in [0.3, 0.4) is 0 Å². The quantitative estimate of drug-likeness (QED) is 0.533. The zero-order valence-corrected chi connectivity index (χ0v) is 7.33. The minimum Gasteiger partial charge on any atom is -0.779 e. The van der Waals surface area contributed by atoms with E-state index in [2.05, 4.69) is 0 Å². The van der Waals surface area contributed by atoms with E-state index in [1.807, 2.05) is 0 Å². The number of rotatable bonds is 4. The first-order valence-electron chi connectivity index (χ1n) is 2.76. The fourth-order valence-corrected chi connectivity index (χ4v) is 1.84. The SMILES string of the molecule is O=P([O-])(O)CCCP(=O)([O-])O. The van der Waals surface area contributed by atoms with E-state index < -0.39 is 27.5 Å². The van der Waals surface area contributed by atoms with Crippen molar-refractivity contribution in [1.29, 1.82) is 0 Å². The summed E-state index contributed by atoms with van der Waals surface area (Å²) in [6, 6.07) is 0. The van der Waals surface area contributed by atoms with Crippen molar-refractivity contribution in [2.24, 2.45) is 0 Å². The predicted octanol–water partition coefficient (Wildman–Crippen LogP) is -1.53. The van der Waals surface area contributed by atoms with Gasteiger partial charge in [-0.3, -0.25) is 0 Å². The molecule has 8 heteroatoms. The normalized spacial score (nSPS) is 22.2. The summed E-state index contributed by atoms with van der Waals surface area (Å²) < 4.78 is 20.1. The van der Waals surface area contributed by atoms with Crippen molar-refractivity contribution in [2.75, 3.05) is 12.3 Å². The highest BCUT2D eigenvalue weighted by atomic mass is 31.2. The van der Waals surface area contributed by atoms with Crippen LogP contribution in [0.5, 0.6) is 0 Å². The van der Waals surface area contributed by atoms with Gasteiger partial charge < -0.3 is 28.7 Å². The average molecular weight is 202 g/mol. The van der Waals surface area contributed by atoms with Gasteiger partial charge in [0, 0.05) is 12.3 Å². The van der Waals surface area contributed by atoms with Crippen LogP contribution < -0.4 is 9.79 Å². The lowest BCUT2D eigenvalue weighted by Gasteiger charge is -2.18. The van der Waals surface area contributed by atoms with Gasteiger partial charge in [-0.05, 0) is 6.42 Å². The maximum atomic E-state index is 10.0. The van der Waals surface area contributed by atoms with Crippen LogP contribution in [0.4, 0.5) is 0 Å². The minimum absolute atomic E-state index is 0.283. The maximum absolute atomic E-state index is 10.0. The smallest absolute Gasteiger partial charge is 0.132 e. The second kappa shape index (κ2) is 3.81. The highest BCUT2D eigenvalue weighted by Crippen LogP contribution is 2.35. The van der Waals surface area contributed by atoms with Crippen LogP contribution in [0, 0.1) is 0 Å².